The lowest BCUT2D eigenvalue weighted by Crippen LogP contribution is -2.41. The Labute approximate surface area is 113 Å². The SMILES string of the molecule is OC1(CNCc2cc3ccccc3o2)CCCCC1. The molecule has 3 nitrogen and oxygen atoms in total. The van der Waals surface area contributed by atoms with Crippen LogP contribution in [0, 0.1) is 0 Å². The van der Waals surface area contributed by atoms with E-state index in [0.717, 1.165) is 42.4 Å². The van der Waals surface area contributed by atoms with Gasteiger partial charge in [-0.2, -0.15) is 0 Å². The number of hydrogen-bond acceptors (Lipinski definition) is 3. The largest absolute Gasteiger partial charge is 0.460 e. The van der Waals surface area contributed by atoms with Gasteiger partial charge in [-0.1, -0.05) is 37.5 Å². The van der Waals surface area contributed by atoms with Crippen molar-refractivity contribution >= 4 is 11.0 Å². The minimum atomic E-state index is -0.510. The van der Waals surface area contributed by atoms with E-state index in [0.29, 0.717) is 13.1 Å². The number of nitrogens with one attached hydrogen (secondary N) is 1. The third-order valence-electron chi connectivity index (χ3n) is 4.01. The van der Waals surface area contributed by atoms with Crippen LogP contribution < -0.4 is 5.32 Å². The lowest BCUT2D eigenvalue weighted by Gasteiger charge is -2.32. The van der Waals surface area contributed by atoms with E-state index < -0.39 is 5.60 Å². The van der Waals surface area contributed by atoms with E-state index in [9.17, 15) is 5.11 Å². The molecule has 0 radical (unpaired) electrons. The van der Waals surface area contributed by atoms with Crippen LogP contribution in [0.3, 0.4) is 0 Å². The first kappa shape index (κ1) is 12.7. The topological polar surface area (TPSA) is 45.4 Å². The molecule has 3 rings (SSSR count). The molecule has 1 aliphatic rings. The molecule has 0 bridgehead atoms. The number of rotatable bonds is 4. The zero-order valence-electron chi connectivity index (χ0n) is 11.2. The number of fused-ring (bicyclic) bond motifs is 1. The second-order valence-electron chi connectivity index (χ2n) is 5.64. The molecule has 1 fully saturated rings. The standard InChI is InChI=1S/C16H21NO2/c18-16(8-4-1-5-9-16)12-17-11-14-10-13-6-2-3-7-15(13)19-14/h2-3,6-7,10,17-18H,1,4-5,8-9,11-12H2. The first-order valence-corrected chi connectivity index (χ1v) is 7.16. The van der Waals surface area contributed by atoms with Crippen LogP contribution in [0.2, 0.25) is 0 Å². The van der Waals surface area contributed by atoms with Crippen molar-refractivity contribution in [2.75, 3.05) is 6.54 Å². The van der Waals surface area contributed by atoms with Gasteiger partial charge in [0.05, 0.1) is 12.1 Å². The summed E-state index contributed by atoms with van der Waals surface area (Å²) in [6.45, 7) is 1.33. The minimum absolute atomic E-state index is 0.510. The van der Waals surface area contributed by atoms with E-state index in [1.807, 2.05) is 18.2 Å². The molecule has 3 heteroatoms. The number of aliphatic hydroxyl groups is 1. The summed E-state index contributed by atoms with van der Waals surface area (Å²) in [7, 11) is 0. The van der Waals surface area contributed by atoms with Gasteiger partial charge < -0.3 is 14.8 Å². The lowest BCUT2D eigenvalue weighted by molar-refractivity contribution is 0.00441. The predicted octanol–water partition coefficient (Wildman–Crippen LogP) is 3.22. The van der Waals surface area contributed by atoms with Crippen molar-refractivity contribution in [2.24, 2.45) is 0 Å². The number of benzene rings is 1. The highest BCUT2D eigenvalue weighted by Gasteiger charge is 2.28. The molecule has 2 aromatic rings. The van der Waals surface area contributed by atoms with Crippen LogP contribution in [0.15, 0.2) is 34.7 Å². The van der Waals surface area contributed by atoms with Crippen LogP contribution in [0.25, 0.3) is 11.0 Å². The van der Waals surface area contributed by atoms with Gasteiger partial charge in [-0.3, -0.25) is 0 Å². The van der Waals surface area contributed by atoms with E-state index in [1.54, 1.807) is 0 Å². The summed E-state index contributed by atoms with van der Waals surface area (Å²) in [5.74, 6) is 0.931. The summed E-state index contributed by atoms with van der Waals surface area (Å²) in [6.07, 6.45) is 5.37. The Morgan fingerprint density at radius 1 is 1.16 bits per heavy atom. The molecular weight excluding hydrogens is 238 g/mol. The zero-order chi connectivity index (χ0) is 13.1. The van der Waals surface area contributed by atoms with Gasteiger partial charge in [0.25, 0.3) is 0 Å². The van der Waals surface area contributed by atoms with Crippen molar-refractivity contribution in [1.82, 2.24) is 5.32 Å². The van der Waals surface area contributed by atoms with Crippen LogP contribution in [0.4, 0.5) is 0 Å². The van der Waals surface area contributed by atoms with E-state index in [4.69, 9.17) is 4.42 Å². The van der Waals surface area contributed by atoms with Gasteiger partial charge in [0.1, 0.15) is 11.3 Å². The second kappa shape index (κ2) is 5.35. The maximum atomic E-state index is 10.4. The number of para-hydroxylation sites is 1. The zero-order valence-corrected chi connectivity index (χ0v) is 11.2. The molecule has 1 saturated carbocycles. The third-order valence-corrected chi connectivity index (χ3v) is 4.01. The van der Waals surface area contributed by atoms with Gasteiger partial charge in [0.15, 0.2) is 0 Å². The van der Waals surface area contributed by atoms with Crippen LogP contribution in [-0.2, 0) is 6.54 Å². The third kappa shape index (κ3) is 2.99. The highest BCUT2D eigenvalue weighted by atomic mass is 16.3. The molecule has 0 unspecified atom stereocenters. The Hall–Kier alpha value is -1.32. The molecular formula is C16H21NO2. The summed E-state index contributed by atoms with van der Waals surface area (Å²) in [4.78, 5) is 0. The van der Waals surface area contributed by atoms with Crippen molar-refractivity contribution in [1.29, 1.82) is 0 Å². The van der Waals surface area contributed by atoms with E-state index in [1.165, 1.54) is 6.42 Å². The van der Waals surface area contributed by atoms with Crippen molar-refractivity contribution in [3.05, 3.63) is 36.1 Å². The molecule has 102 valence electrons. The molecule has 2 N–H and O–H groups in total. The van der Waals surface area contributed by atoms with Gasteiger partial charge in [0.2, 0.25) is 0 Å². The fraction of sp³-hybridized carbons (Fsp3) is 0.500. The Kier molecular flexibility index (Phi) is 3.58. The van der Waals surface area contributed by atoms with Crippen LogP contribution in [0.1, 0.15) is 37.9 Å². The highest BCUT2D eigenvalue weighted by molar-refractivity contribution is 5.77. The summed E-state index contributed by atoms with van der Waals surface area (Å²) >= 11 is 0. The average molecular weight is 259 g/mol. The molecule has 0 saturated heterocycles. The van der Waals surface area contributed by atoms with Crippen molar-refractivity contribution in [2.45, 2.75) is 44.2 Å². The molecule has 0 aliphatic heterocycles. The quantitative estimate of drug-likeness (QED) is 0.886. The van der Waals surface area contributed by atoms with Gasteiger partial charge in [-0.25, -0.2) is 0 Å². The van der Waals surface area contributed by atoms with Crippen molar-refractivity contribution in [3.63, 3.8) is 0 Å². The maximum absolute atomic E-state index is 10.4. The Morgan fingerprint density at radius 2 is 1.95 bits per heavy atom. The molecule has 1 aromatic heterocycles. The summed E-state index contributed by atoms with van der Waals surface area (Å²) in [6, 6.07) is 10.1. The van der Waals surface area contributed by atoms with Crippen LogP contribution in [0.5, 0.6) is 0 Å². The fourth-order valence-electron chi connectivity index (χ4n) is 2.93. The molecule has 1 aliphatic carbocycles. The van der Waals surface area contributed by atoms with E-state index in [-0.39, 0.29) is 0 Å². The number of hydrogen-bond donors (Lipinski definition) is 2. The van der Waals surface area contributed by atoms with Crippen molar-refractivity contribution in [3.8, 4) is 0 Å². The van der Waals surface area contributed by atoms with Crippen LogP contribution >= 0.6 is 0 Å². The van der Waals surface area contributed by atoms with E-state index in [2.05, 4.69) is 17.4 Å². The maximum Gasteiger partial charge on any atom is 0.134 e. The van der Waals surface area contributed by atoms with Crippen molar-refractivity contribution < 1.29 is 9.52 Å². The lowest BCUT2D eigenvalue weighted by atomic mass is 9.85. The Bertz CT molecular complexity index is 507. The van der Waals surface area contributed by atoms with Gasteiger partial charge in [-0.05, 0) is 25.0 Å². The highest BCUT2D eigenvalue weighted by Crippen LogP contribution is 2.27. The molecule has 0 amide bonds. The number of furan rings is 1. The Balaban J connectivity index is 1.57. The average Bonchev–Trinajstić information content (AvgIpc) is 2.82. The fourth-order valence-corrected chi connectivity index (χ4v) is 2.93. The van der Waals surface area contributed by atoms with Gasteiger partial charge >= 0.3 is 0 Å². The summed E-state index contributed by atoms with van der Waals surface area (Å²) in [5, 5.41) is 14.9. The smallest absolute Gasteiger partial charge is 0.134 e. The van der Waals surface area contributed by atoms with E-state index >= 15 is 0 Å². The molecule has 19 heavy (non-hydrogen) atoms. The Morgan fingerprint density at radius 3 is 2.74 bits per heavy atom. The molecule has 0 spiro atoms. The normalized spacial score (nSPS) is 18.8. The first-order valence-electron chi connectivity index (χ1n) is 7.16. The predicted molar refractivity (Wildman–Crippen MR) is 76.0 cm³/mol. The summed E-state index contributed by atoms with van der Waals surface area (Å²) in [5.41, 5.74) is 0.417. The molecule has 0 atom stereocenters. The minimum Gasteiger partial charge on any atom is -0.460 e. The second-order valence-corrected chi connectivity index (χ2v) is 5.64. The van der Waals surface area contributed by atoms with Crippen LogP contribution in [-0.4, -0.2) is 17.3 Å². The monoisotopic (exact) mass is 259 g/mol. The summed E-state index contributed by atoms with van der Waals surface area (Å²) < 4.78 is 5.75. The first-order chi connectivity index (χ1) is 9.25. The van der Waals surface area contributed by atoms with Gasteiger partial charge in [-0.15, -0.1) is 0 Å². The van der Waals surface area contributed by atoms with Gasteiger partial charge in [0, 0.05) is 11.9 Å². The molecule has 1 heterocycles. The molecule has 1 aromatic carbocycles.